The first-order chi connectivity index (χ1) is 13.1. The molecule has 134 valence electrons. The maximum atomic E-state index is 12.7. The quantitative estimate of drug-likeness (QED) is 0.701. The first-order valence-electron chi connectivity index (χ1n) is 8.69. The van der Waals surface area contributed by atoms with Crippen LogP contribution in [-0.4, -0.2) is 23.8 Å². The molecular weight excluding hydrogens is 338 g/mol. The number of hydrogen-bond donors (Lipinski definition) is 2. The van der Waals surface area contributed by atoms with Crippen molar-refractivity contribution >= 4 is 23.2 Å². The molecule has 0 fully saturated rings. The van der Waals surface area contributed by atoms with E-state index in [2.05, 4.69) is 5.32 Å². The summed E-state index contributed by atoms with van der Waals surface area (Å²) >= 11 is 0. The Hall–Kier alpha value is -3.60. The average molecular weight is 357 g/mol. The van der Waals surface area contributed by atoms with Gasteiger partial charge in [0.05, 0.1) is 16.8 Å². The number of amides is 2. The van der Waals surface area contributed by atoms with Gasteiger partial charge >= 0.3 is 0 Å². The van der Waals surface area contributed by atoms with Gasteiger partial charge in [0, 0.05) is 19.3 Å². The zero-order valence-electron chi connectivity index (χ0n) is 14.9. The minimum Gasteiger partial charge on any atom is -0.398 e. The molecule has 27 heavy (non-hydrogen) atoms. The highest BCUT2D eigenvalue weighted by Gasteiger charge is 2.30. The van der Waals surface area contributed by atoms with Gasteiger partial charge in [-0.05, 0) is 34.9 Å². The molecule has 0 spiro atoms. The molecule has 0 radical (unpaired) electrons. The molecule has 3 aromatic carbocycles. The number of para-hydroxylation sites is 1. The minimum absolute atomic E-state index is 0.0980. The fourth-order valence-corrected chi connectivity index (χ4v) is 3.44. The SMILES string of the molecule is CN1Cc2c(-c3ccccc3)ccc(NC(=O)c3ccccc3N)c2C1=O. The van der Waals surface area contributed by atoms with E-state index >= 15 is 0 Å². The van der Waals surface area contributed by atoms with Gasteiger partial charge in [-0.2, -0.15) is 0 Å². The number of nitrogens with zero attached hydrogens (tertiary/aromatic N) is 1. The Balaban J connectivity index is 1.77. The van der Waals surface area contributed by atoms with E-state index in [9.17, 15) is 9.59 Å². The Morgan fingerprint density at radius 1 is 1.00 bits per heavy atom. The van der Waals surface area contributed by atoms with Gasteiger partial charge in [0.15, 0.2) is 0 Å². The van der Waals surface area contributed by atoms with Gasteiger partial charge in [-0.15, -0.1) is 0 Å². The van der Waals surface area contributed by atoms with Crippen LogP contribution >= 0.6 is 0 Å². The number of fused-ring (bicyclic) bond motifs is 1. The molecule has 0 aliphatic carbocycles. The summed E-state index contributed by atoms with van der Waals surface area (Å²) in [6.07, 6.45) is 0. The lowest BCUT2D eigenvalue weighted by atomic mass is 9.95. The molecule has 1 heterocycles. The van der Waals surface area contributed by atoms with Gasteiger partial charge in [0.2, 0.25) is 0 Å². The van der Waals surface area contributed by atoms with Gasteiger partial charge in [-0.1, -0.05) is 48.5 Å². The van der Waals surface area contributed by atoms with Gasteiger partial charge in [-0.25, -0.2) is 0 Å². The van der Waals surface area contributed by atoms with Crippen molar-refractivity contribution in [2.24, 2.45) is 0 Å². The minimum atomic E-state index is -0.329. The van der Waals surface area contributed by atoms with Crippen molar-refractivity contribution < 1.29 is 9.59 Å². The number of benzene rings is 3. The summed E-state index contributed by atoms with van der Waals surface area (Å²) in [5, 5.41) is 2.86. The number of nitrogens with two attached hydrogens (primary N) is 1. The van der Waals surface area contributed by atoms with Crippen molar-refractivity contribution in [2.75, 3.05) is 18.1 Å². The van der Waals surface area contributed by atoms with Crippen LogP contribution in [0.3, 0.4) is 0 Å². The highest BCUT2D eigenvalue weighted by molar-refractivity contribution is 6.13. The fourth-order valence-electron chi connectivity index (χ4n) is 3.44. The molecular formula is C22H19N3O2. The third-order valence-electron chi connectivity index (χ3n) is 4.81. The van der Waals surface area contributed by atoms with Crippen molar-refractivity contribution in [1.82, 2.24) is 4.90 Å². The second-order valence-corrected chi connectivity index (χ2v) is 6.58. The number of hydrogen-bond acceptors (Lipinski definition) is 3. The Kier molecular flexibility index (Phi) is 4.12. The fraction of sp³-hybridized carbons (Fsp3) is 0.0909. The Labute approximate surface area is 157 Å². The topological polar surface area (TPSA) is 75.4 Å². The molecule has 1 aliphatic rings. The summed E-state index contributed by atoms with van der Waals surface area (Å²) in [5.41, 5.74) is 10.7. The standard InChI is InChI=1S/C22H19N3O2/c1-25-13-17-15(14-7-3-2-4-8-14)11-12-19(20(17)22(25)27)24-21(26)16-9-5-6-10-18(16)23/h2-12H,13,23H2,1H3,(H,24,26). The highest BCUT2D eigenvalue weighted by atomic mass is 16.2. The van der Waals surface area contributed by atoms with E-state index in [0.29, 0.717) is 29.0 Å². The molecule has 0 saturated carbocycles. The molecule has 5 heteroatoms. The van der Waals surface area contributed by atoms with Crippen LogP contribution in [0.15, 0.2) is 66.7 Å². The Morgan fingerprint density at radius 2 is 1.70 bits per heavy atom. The van der Waals surface area contributed by atoms with Crippen LogP contribution < -0.4 is 11.1 Å². The zero-order chi connectivity index (χ0) is 19.0. The first-order valence-corrected chi connectivity index (χ1v) is 8.69. The number of rotatable bonds is 3. The van der Waals surface area contributed by atoms with Crippen LogP contribution in [0, 0.1) is 0 Å². The zero-order valence-corrected chi connectivity index (χ0v) is 14.9. The lowest BCUT2D eigenvalue weighted by Crippen LogP contribution is -2.20. The van der Waals surface area contributed by atoms with E-state index in [0.717, 1.165) is 16.7 Å². The van der Waals surface area contributed by atoms with Crippen LogP contribution in [0.5, 0.6) is 0 Å². The first kappa shape index (κ1) is 16.8. The van der Waals surface area contributed by atoms with Gasteiger partial charge in [0.25, 0.3) is 11.8 Å². The summed E-state index contributed by atoms with van der Waals surface area (Å²) < 4.78 is 0. The van der Waals surface area contributed by atoms with E-state index < -0.39 is 0 Å². The van der Waals surface area contributed by atoms with Crippen molar-refractivity contribution in [1.29, 1.82) is 0 Å². The maximum absolute atomic E-state index is 12.7. The molecule has 0 saturated heterocycles. The Bertz CT molecular complexity index is 1040. The maximum Gasteiger partial charge on any atom is 0.257 e. The molecule has 0 bridgehead atoms. The molecule has 0 unspecified atom stereocenters. The largest absolute Gasteiger partial charge is 0.398 e. The number of nitrogens with one attached hydrogen (secondary N) is 1. The summed E-state index contributed by atoms with van der Waals surface area (Å²) in [6.45, 7) is 0.510. The van der Waals surface area contributed by atoms with Crippen LogP contribution in [0.25, 0.3) is 11.1 Å². The number of nitrogen functional groups attached to an aromatic ring is 1. The molecule has 5 nitrogen and oxygen atoms in total. The van der Waals surface area contributed by atoms with E-state index in [4.69, 9.17) is 5.73 Å². The summed E-state index contributed by atoms with van der Waals surface area (Å²) in [5.74, 6) is -0.427. The second-order valence-electron chi connectivity index (χ2n) is 6.58. The summed E-state index contributed by atoms with van der Waals surface area (Å²) in [6, 6.07) is 20.5. The van der Waals surface area contributed by atoms with E-state index in [-0.39, 0.29) is 11.8 Å². The van der Waals surface area contributed by atoms with Crippen LogP contribution in [0.1, 0.15) is 26.3 Å². The molecule has 2 amide bonds. The molecule has 0 atom stereocenters. The smallest absolute Gasteiger partial charge is 0.257 e. The molecule has 3 N–H and O–H groups in total. The number of anilines is 2. The monoisotopic (exact) mass is 357 g/mol. The third-order valence-corrected chi connectivity index (χ3v) is 4.81. The second kappa shape index (κ2) is 6.61. The number of carbonyl (C=O) groups excluding carboxylic acids is 2. The lowest BCUT2D eigenvalue weighted by Gasteiger charge is -2.13. The van der Waals surface area contributed by atoms with Gasteiger partial charge in [-0.3, -0.25) is 9.59 Å². The molecule has 4 rings (SSSR count). The predicted molar refractivity (Wildman–Crippen MR) is 106 cm³/mol. The Morgan fingerprint density at radius 3 is 2.44 bits per heavy atom. The summed E-state index contributed by atoms with van der Waals surface area (Å²) in [4.78, 5) is 27.1. The van der Waals surface area contributed by atoms with E-state index in [1.807, 2.05) is 36.4 Å². The molecule has 1 aliphatic heterocycles. The lowest BCUT2D eigenvalue weighted by molar-refractivity contribution is 0.0817. The number of carbonyl (C=O) groups is 2. The molecule has 0 aromatic heterocycles. The van der Waals surface area contributed by atoms with E-state index in [1.165, 1.54) is 0 Å². The predicted octanol–water partition coefficient (Wildman–Crippen LogP) is 3.77. The summed E-state index contributed by atoms with van der Waals surface area (Å²) in [7, 11) is 1.76. The van der Waals surface area contributed by atoms with E-state index in [1.54, 1.807) is 42.3 Å². The van der Waals surface area contributed by atoms with Crippen molar-refractivity contribution in [3.8, 4) is 11.1 Å². The van der Waals surface area contributed by atoms with Crippen LogP contribution in [0.4, 0.5) is 11.4 Å². The highest BCUT2D eigenvalue weighted by Crippen LogP contribution is 2.36. The van der Waals surface area contributed by atoms with Crippen LogP contribution in [0.2, 0.25) is 0 Å². The van der Waals surface area contributed by atoms with Crippen molar-refractivity contribution in [3.05, 3.63) is 83.4 Å². The van der Waals surface area contributed by atoms with Crippen molar-refractivity contribution in [3.63, 3.8) is 0 Å². The van der Waals surface area contributed by atoms with Crippen LogP contribution in [-0.2, 0) is 6.54 Å². The normalized spacial score (nSPS) is 12.8. The molecule has 3 aromatic rings. The average Bonchev–Trinajstić information content (AvgIpc) is 2.98. The van der Waals surface area contributed by atoms with Gasteiger partial charge in [0.1, 0.15) is 0 Å². The third kappa shape index (κ3) is 2.93. The van der Waals surface area contributed by atoms with Gasteiger partial charge < -0.3 is 16.0 Å². The van der Waals surface area contributed by atoms with Crippen molar-refractivity contribution in [2.45, 2.75) is 6.54 Å².